The molecule has 0 unspecified atom stereocenters. The van der Waals surface area contributed by atoms with Gasteiger partial charge in [0.1, 0.15) is 5.75 Å². The van der Waals surface area contributed by atoms with E-state index >= 15 is 0 Å². The van der Waals surface area contributed by atoms with Crippen LogP contribution in [0.2, 0.25) is 5.02 Å². The van der Waals surface area contributed by atoms with Crippen molar-refractivity contribution in [3.05, 3.63) is 29.3 Å². The van der Waals surface area contributed by atoms with E-state index in [0.29, 0.717) is 0 Å². The monoisotopic (exact) mass is 241 g/mol. The quantitative estimate of drug-likeness (QED) is 0.797. The van der Waals surface area contributed by atoms with Crippen molar-refractivity contribution in [2.45, 2.75) is 32.7 Å². The second kappa shape index (κ2) is 6.12. The summed E-state index contributed by atoms with van der Waals surface area (Å²) >= 11 is 5.78. The van der Waals surface area contributed by atoms with Gasteiger partial charge in [0, 0.05) is 10.6 Å². The van der Waals surface area contributed by atoms with Crippen molar-refractivity contribution in [2.75, 3.05) is 13.2 Å². The summed E-state index contributed by atoms with van der Waals surface area (Å²) in [4.78, 5) is 0. The molecule has 1 rings (SSSR count). The lowest BCUT2D eigenvalue weighted by Crippen LogP contribution is -2.36. The molecule has 0 atom stereocenters. The molecular formula is C13H20ClNO. The molecule has 2 nitrogen and oxygen atoms in total. The predicted octanol–water partition coefficient (Wildman–Crippen LogP) is 3.50. The fourth-order valence-electron chi connectivity index (χ4n) is 1.26. The third kappa shape index (κ3) is 5.99. The van der Waals surface area contributed by atoms with Gasteiger partial charge in [-0.1, -0.05) is 11.6 Å². The first kappa shape index (κ1) is 13.3. The Morgan fingerprint density at radius 1 is 1.19 bits per heavy atom. The van der Waals surface area contributed by atoms with E-state index in [1.807, 2.05) is 24.3 Å². The van der Waals surface area contributed by atoms with Crippen molar-refractivity contribution in [2.24, 2.45) is 0 Å². The Morgan fingerprint density at radius 3 is 2.38 bits per heavy atom. The molecule has 0 heterocycles. The molecule has 1 N–H and O–H groups in total. The number of benzene rings is 1. The van der Waals surface area contributed by atoms with E-state index in [1.54, 1.807) is 0 Å². The van der Waals surface area contributed by atoms with Gasteiger partial charge in [0.25, 0.3) is 0 Å². The molecule has 0 saturated heterocycles. The van der Waals surface area contributed by atoms with E-state index in [1.165, 1.54) is 0 Å². The van der Waals surface area contributed by atoms with Crippen LogP contribution in [0.4, 0.5) is 0 Å². The molecule has 0 aliphatic heterocycles. The molecule has 0 aliphatic rings. The average molecular weight is 242 g/mol. The fraction of sp³-hybridized carbons (Fsp3) is 0.538. The maximum absolute atomic E-state index is 5.78. The molecule has 0 bridgehead atoms. The van der Waals surface area contributed by atoms with E-state index in [0.717, 1.165) is 30.3 Å². The van der Waals surface area contributed by atoms with Gasteiger partial charge in [0.2, 0.25) is 0 Å². The Kier molecular flexibility index (Phi) is 5.10. The van der Waals surface area contributed by atoms with Crippen LogP contribution in [0.3, 0.4) is 0 Å². The van der Waals surface area contributed by atoms with Gasteiger partial charge in [-0.2, -0.15) is 0 Å². The normalized spacial score (nSPS) is 11.5. The van der Waals surface area contributed by atoms with Gasteiger partial charge in [-0.15, -0.1) is 0 Å². The minimum Gasteiger partial charge on any atom is -0.494 e. The highest BCUT2D eigenvalue weighted by Gasteiger charge is 2.06. The lowest BCUT2D eigenvalue weighted by Gasteiger charge is -2.20. The summed E-state index contributed by atoms with van der Waals surface area (Å²) in [5, 5.41) is 4.15. The lowest BCUT2D eigenvalue weighted by atomic mass is 10.1. The maximum atomic E-state index is 5.78. The van der Waals surface area contributed by atoms with Crippen LogP contribution in [-0.4, -0.2) is 18.7 Å². The average Bonchev–Trinajstić information content (AvgIpc) is 2.19. The largest absolute Gasteiger partial charge is 0.494 e. The number of rotatable bonds is 5. The van der Waals surface area contributed by atoms with Crippen molar-refractivity contribution in [1.82, 2.24) is 5.32 Å². The fourth-order valence-corrected chi connectivity index (χ4v) is 1.38. The molecule has 0 aromatic heterocycles. The van der Waals surface area contributed by atoms with Gasteiger partial charge < -0.3 is 10.1 Å². The lowest BCUT2D eigenvalue weighted by molar-refractivity contribution is 0.298. The molecule has 3 heteroatoms. The zero-order valence-electron chi connectivity index (χ0n) is 10.2. The number of ether oxygens (including phenoxy) is 1. The van der Waals surface area contributed by atoms with Gasteiger partial charge in [-0.3, -0.25) is 0 Å². The third-order valence-corrected chi connectivity index (χ3v) is 2.31. The number of halogens is 1. The van der Waals surface area contributed by atoms with E-state index in [4.69, 9.17) is 16.3 Å². The highest BCUT2D eigenvalue weighted by molar-refractivity contribution is 6.30. The Labute approximate surface area is 103 Å². The van der Waals surface area contributed by atoms with Gasteiger partial charge in [0.15, 0.2) is 0 Å². The summed E-state index contributed by atoms with van der Waals surface area (Å²) in [5.74, 6) is 0.875. The van der Waals surface area contributed by atoms with Crippen LogP contribution >= 0.6 is 11.6 Å². The minimum atomic E-state index is 0.181. The zero-order chi connectivity index (χ0) is 12.0. The molecule has 0 radical (unpaired) electrons. The third-order valence-electron chi connectivity index (χ3n) is 2.06. The number of hydrogen-bond donors (Lipinski definition) is 1. The summed E-state index contributed by atoms with van der Waals surface area (Å²) in [7, 11) is 0. The van der Waals surface area contributed by atoms with Crippen molar-refractivity contribution < 1.29 is 4.74 Å². The van der Waals surface area contributed by atoms with Crippen molar-refractivity contribution in [1.29, 1.82) is 0 Å². The number of nitrogens with one attached hydrogen (secondary N) is 1. The summed E-state index contributed by atoms with van der Waals surface area (Å²) in [6.07, 6.45) is 1.000. The molecule has 1 aromatic carbocycles. The van der Waals surface area contributed by atoms with Gasteiger partial charge in [-0.25, -0.2) is 0 Å². The SMILES string of the molecule is CC(C)(C)NCCCOc1ccc(Cl)cc1. The van der Waals surface area contributed by atoms with Gasteiger partial charge in [-0.05, 0) is 58.0 Å². The molecule has 0 amide bonds. The molecule has 0 aliphatic carbocycles. The first-order valence-corrected chi connectivity index (χ1v) is 5.98. The Balaban J connectivity index is 2.14. The standard InChI is InChI=1S/C13H20ClNO/c1-13(2,3)15-9-4-10-16-12-7-5-11(14)6-8-12/h5-8,15H,4,9-10H2,1-3H3. The zero-order valence-corrected chi connectivity index (χ0v) is 11.0. The molecular weight excluding hydrogens is 222 g/mol. The molecule has 1 aromatic rings. The van der Waals surface area contributed by atoms with E-state index in [-0.39, 0.29) is 5.54 Å². The summed E-state index contributed by atoms with van der Waals surface area (Å²) < 4.78 is 5.58. The minimum absolute atomic E-state index is 0.181. The van der Waals surface area contributed by atoms with Crippen molar-refractivity contribution in [3.8, 4) is 5.75 Å². The van der Waals surface area contributed by atoms with E-state index in [2.05, 4.69) is 26.1 Å². The molecule has 90 valence electrons. The molecule has 0 fully saturated rings. The van der Waals surface area contributed by atoms with Crippen LogP contribution < -0.4 is 10.1 Å². The molecule has 0 saturated carbocycles. The Bertz CT molecular complexity index is 303. The van der Waals surface area contributed by atoms with Crippen LogP contribution in [0.1, 0.15) is 27.2 Å². The van der Waals surface area contributed by atoms with Crippen LogP contribution in [0.5, 0.6) is 5.75 Å². The first-order valence-electron chi connectivity index (χ1n) is 5.61. The predicted molar refractivity (Wildman–Crippen MR) is 69.3 cm³/mol. The van der Waals surface area contributed by atoms with Crippen LogP contribution in [0.25, 0.3) is 0 Å². The highest BCUT2D eigenvalue weighted by atomic mass is 35.5. The Hall–Kier alpha value is -0.730. The topological polar surface area (TPSA) is 21.3 Å². The summed E-state index contributed by atoms with van der Waals surface area (Å²) in [6, 6.07) is 7.45. The van der Waals surface area contributed by atoms with Crippen LogP contribution in [-0.2, 0) is 0 Å². The van der Waals surface area contributed by atoms with Crippen molar-refractivity contribution >= 4 is 11.6 Å². The van der Waals surface area contributed by atoms with E-state index in [9.17, 15) is 0 Å². The summed E-state index contributed by atoms with van der Waals surface area (Å²) in [5.41, 5.74) is 0.181. The second-order valence-corrected chi connectivity index (χ2v) is 5.27. The maximum Gasteiger partial charge on any atom is 0.119 e. The highest BCUT2D eigenvalue weighted by Crippen LogP contribution is 2.15. The molecule has 16 heavy (non-hydrogen) atoms. The Morgan fingerprint density at radius 2 is 1.81 bits per heavy atom. The summed E-state index contributed by atoms with van der Waals surface area (Å²) in [6.45, 7) is 8.18. The number of hydrogen-bond acceptors (Lipinski definition) is 2. The smallest absolute Gasteiger partial charge is 0.119 e. The van der Waals surface area contributed by atoms with Crippen LogP contribution in [0, 0.1) is 0 Å². The van der Waals surface area contributed by atoms with Crippen LogP contribution in [0.15, 0.2) is 24.3 Å². The van der Waals surface area contributed by atoms with E-state index < -0.39 is 0 Å². The van der Waals surface area contributed by atoms with Crippen molar-refractivity contribution in [3.63, 3.8) is 0 Å². The van der Waals surface area contributed by atoms with Gasteiger partial charge >= 0.3 is 0 Å². The van der Waals surface area contributed by atoms with Gasteiger partial charge in [0.05, 0.1) is 6.61 Å². The second-order valence-electron chi connectivity index (χ2n) is 4.83. The molecule has 0 spiro atoms. The first-order chi connectivity index (χ1) is 7.47.